The van der Waals surface area contributed by atoms with Crippen LogP contribution in [-0.4, -0.2) is 37.1 Å². The van der Waals surface area contributed by atoms with Crippen LogP contribution in [0.3, 0.4) is 0 Å². The molecule has 21 heavy (non-hydrogen) atoms. The molecule has 1 aromatic heterocycles. The average molecular weight is 289 g/mol. The molecule has 6 heteroatoms. The van der Waals surface area contributed by atoms with Crippen molar-refractivity contribution in [2.24, 2.45) is 0 Å². The first-order valence-electron chi connectivity index (χ1n) is 6.72. The third-order valence-corrected chi connectivity index (χ3v) is 3.18. The number of carbonyl (C=O) groups is 2. The van der Waals surface area contributed by atoms with Gasteiger partial charge < -0.3 is 19.9 Å². The highest BCUT2D eigenvalue weighted by Crippen LogP contribution is 2.20. The Balaban J connectivity index is 2.17. The van der Waals surface area contributed by atoms with Crippen molar-refractivity contribution < 1.29 is 14.3 Å². The summed E-state index contributed by atoms with van der Waals surface area (Å²) in [5, 5.41) is 6.44. The number of aromatic nitrogens is 1. The van der Waals surface area contributed by atoms with Crippen LogP contribution in [0.25, 0.3) is 10.9 Å². The van der Waals surface area contributed by atoms with Gasteiger partial charge in [0.2, 0.25) is 11.8 Å². The van der Waals surface area contributed by atoms with Crippen molar-refractivity contribution in [3.8, 4) is 0 Å². The lowest BCUT2D eigenvalue weighted by atomic mass is 10.2. The fourth-order valence-corrected chi connectivity index (χ4v) is 2.05. The molecule has 0 unspecified atom stereocenters. The fraction of sp³-hybridized carbons (Fsp3) is 0.333. The van der Waals surface area contributed by atoms with Gasteiger partial charge in [-0.15, -0.1) is 0 Å². The summed E-state index contributed by atoms with van der Waals surface area (Å²) in [6.45, 7) is 0.641. The molecule has 0 aliphatic carbocycles. The van der Waals surface area contributed by atoms with Gasteiger partial charge in [0.25, 0.3) is 0 Å². The number of anilines is 1. The zero-order chi connectivity index (χ0) is 15.2. The monoisotopic (exact) mass is 289 g/mol. The molecule has 0 bridgehead atoms. The van der Waals surface area contributed by atoms with Gasteiger partial charge in [0.05, 0.1) is 18.5 Å². The van der Waals surface area contributed by atoms with E-state index in [-0.39, 0.29) is 18.4 Å². The molecule has 6 nitrogen and oxygen atoms in total. The minimum absolute atomic E-state index is 0.0676. The first-order chi connectivity index (χ1) is 10.1. The molecule has 0 fully saturated rings. The Bertz CT molecular complexity index is 649. The van der Waals surface area contributed by atoms with Crippen molar-refractivity contribution in [3.63, 3.8) is 0 Å². The molecule has 2 amide bonds. The molecule has 0 spiro atoms. The number of amides is 2. The highest BCUT2D eigenvalue weighted by molar-refractivity contribution is 5.94. The van der Waals surface area contributed by atoms with E-state index in [1.54, 1.807) is 14.2 Å². The first-order valence-corrected chi connectivity index (χ1v) is 6.72. The van der Waals surface area contributed by atoms with Crippen molar-refractivity contribution in [2.45, 2.75) is 13.0 Å². The first kappa shape index (κ1) is 15.1. The smallest absolute Gasteiger partial charge is 0.239 e. The Morgan fingerprint density at radius 1 is 1.24 bits per heavy atom. The molecule has 0 radical (unpaired) electrons. The lowest BCUT2D eigenvalue weighted by Crippen LogP contribution is -2.23. The normalized spacial score (nSPS) is 10.6. The summed E-state index contributed by atoms with van der Waals surface area (Å²) in [5.41, 5.74) is 1.61. The van der Waals surface area contributed by atoms with Gasteiger partial charge in [0.15, 0.2) is 0 Å². The average Bonchev–Trinajstić information content (AvgIpc) is 2.87. The predicted molar refractivity (Wildman–Crippen MR) is 81.1 cm³/mol. The van der Waals surface area contributed by atoms with Crippen LogP contribution in [-0.2, 0) is 20.9 Å². The molecule has 2 rings (SSSR count). The van der Waals surface area contributed by atoms with Gasteiger partial charge in [-0.1, -0.05) is 6.07 Å². The third-order valence-electron chi connectivity index (χ3n) is 3.18. The summed E-state index contributed by atoms with van der Waals surface area (Å²) in [4.78, 5) is 23.2. The number of nitrogens with one attached hydrogen (secondary N) is 2. The maximum Gasteiger partial charge on any atom is 0.239 e. The van der Waals surface area contributed by atoms with Gasteiger partial charge in [0.1, 0.15) is 6.54 Å². The lowest BCUT2D eigenvalue weighted by Gasteiger charge is -2.08. The van der Waals surface area contributed by atoms with Crippen molar-refractivity contribution in [1.82, 2.24) is 9.88 Å². The standard InChI is InChI=1S/C15H19N3O3/c1-16-15(20)10-18-7-5-11-3-4-12(9-13(11)18)17-14(19)6-8-21-2/h3-5,7,9H,6,8,10H2,1-2H3,(H,16,20)(H,17,19). The van der Waals surface area contributed by atoms with Crippen molar-refractivity contribution in [3.05, 3.63) is 30.5 Å². The maximum atomic E-state index is 11.7. The third kappa shape index (κ3) is 3.82. The Hall–Kier alpha value is -2.34. The van der Waals surface area contributed by atoms with Crippen molar-refractivity contribution >= 4 is 28.4 Å². The minimum atomic E-state index is -0.0967. The summed E-state index contributed by atoms with van der Waals surface area (Å²) >= 11 is 0. The molecular formula is C15H19N3O3. The quantitative estimate of drug-likeness (QED) is 0.843. The molecule has 2 N–H and O–H groups in total. The van der Waals surface area contributed by atoms with Gasteiger partial charge in [-0.3, -0.25) is 9.59 Å². The number of methoxy groups -OCH3 is 1. The number of hydrogen-bond acceptors (Lipinski definition) is 3. The molecule has 1 aromatic carbocycles. The zero-order valence-corrected chi connectivity index (χ0v) is 12.2. The van der Waals surface area contributed by atoms with Crippen LogP contribution in [0, 0.1) is 0 Å². The maximum absolute atomic E-state index is 11.7. The topological polar surface area (TPSA) is 72.4 Å². The van der Waals surface area contributed by atoms with Gasteiger partial charge in [0, 0.05) is 26.0 Å². The molecule has 0 saturated carbocycles. The van der Waals surface area contributed by atoms with Crippen LogP contribution in [0.2, 0.25) is 0 Å². The number of benzene rings is 1. The van der Waals surface area contributed by atoms with E-state index in [9.17, 15) is 9.59 Å². The Morgan fingerprint density at radius 3 is 2.76 bits per heavy atom. The van der Waals surface area contributed by atoms with Crippen LogP contribution >= 0.6 is 0 Å². The van der Waals surface area contributed by atoms with E-state index >= 15 is 0 Å². The summed E-state index contributed by atoms with van der Waals surface area (Å²) in [6.07, 6.45) is 2.17. The molecule has 0 aliphatic rings. The highest BCUT2D eigenvalue weighted by atomic mass is 16.5. The molecule has 1 heterocycles. The van der Waals surface area contributed by atoms with E-state index in [1.165, 1.54) is 0 Å². The van der Waals surface area contributed by atoms with E-state index < -0.39 is 0 Å². The molecule has 0 atom stereocenters. The van der Waals surface area contributed by atoms with E-state index in [2.05, 4.69) is 10.6 Å². The van der Waals surface area contributed by atoms with Crippen molar-refractivity contribution in [2.75, 3.05) is 26.1 Å². The molecule has 0 aliphatic heterocycles. The number of nitrogens with zero attached hydrogens (tertiary/aromatic N) is 1. The fourth-order valence-electron chi connectivity index (χ4n) is 2.05. The van der Waals surface area contributed by atoms with Crippen LogP contribution in [0.5, 0.6) is 0 Å². The van der Waals surface area contributed by atoms with Gasteiger partial charge >= 0.3 is 0 Å². The van der Waals surface area contributed by atoms with E-state index in [4.69, 9.17) is 4.74 Å². The Labute approximate surface area is 123 Å². The summed E-state index contributed by atoms with van der Waals surface area (Å²) in [7, 11) is 3.17. The number of rotatable bonds is 6. The van der Waals surface area contributed by atoms with Gasteiger partial charge in [-0.05, 0) is 23.6 Å². The van der Waals surface area contributed by atoms with Crippen molar-refractivity contribution in [1.29, 1.82) is 0 Å². The highest BCUT2D eigenvalue weighted by Gasteiger charge is 2.07. The molecule has 2 aromatic rings. The molecular weight excluding hydrogens is 270 g/mol. The Morgan fingerprint density at radius 2 is 2.05 bits per heavy atom. The van der Waals surface area contributed by atoms with Crippen LogP contribution in [0.1, 0.15) is 6.42 Å². The summed E-state index contributed by atoms with van der Waals surface area (Å²) < 4.78 is 6.72. The number of carbonyl (C=O) groups excluding carboxylic acids is 2. The van der Waals surface area contributed by atoms with E-state index in [1.807, 2.05) is 35.0 Å². The number of ether oxygens (including phenoxy) is 1. The van der Waals surface area contributed by atoms with Crippen LogP contribution in [0.15, 0.2) is 30.5 Å². The number of hydrogen-bond donors (Lipinski definition) is 2. The predicted octanol–water partition coefficient (Wildman–Crippen LogP) is 1.36. The lowest BCUT2D eigenvalue weighted by molar-refractivity contribution is -0.121. The van der Waals surface area contributed by atoms with Gasteiger partial charge in [-0.2, -0.15) is 0 Å². The largest absolute Gasteiger partial charge is 0.384 e. The number of likely N-dealkylation sites (N-methyl/N-ethyl adjacent to an activating group) is 1. The zero-order valence-electron chi connectivity index (χ0n) is 12.2. The number of fused-ring (bicyclic) bond motifs is 1. The van der Waals surface area contributed by atoms with Crippen LogP contribution in [0.4, 0.5) is 5.69 Å². The Kier molecular flexibility index (Phi) is 4.94. The summed E-state index contributed by atoms with van der Waals surface area (Å²) in [6, 6.07) is 7.57. The second-order valence-corrected chi connectivity index (χ2v) is 4.68. The van der Waals surface area contributed by atoms with E-state index in [0.29, 0.717) is 18.7 Å². The molecule has 112 valence electrons. The summed E-state index contributed by atoms with van der Waals surface area (Å²) in [5.74, 6) is -0.164. The van der Waals surface area contributed by atoms with E-state index in [0.717, 1.165) is 10.9 Å². The van der Waals surface area contributed by atoms with Gasteiger partial charge in [-0.25, -0.2) is 0 Å². The van der Waals surface area contributed by atoms with Crippen LogP contribution < -0.4 is 10.6 Å². The SMILES string of the molecule is CNC(=O)Cn1ccc2ccc(NC(=O)CCOC)cc21. The second kappa shape index (κ2) is 6.90. The minimum Gasteiger partial charge on any atom is -0.384 e. The molecule has 0 saturated heterocycles. The second-order valence-electron chi connectivity index (χ2n) is 4.68.